The third kappa shape index (κ3) is 5.00. The van der Waals surface area contributed by atoms with Gasteiger partial charge in [0.1, 0.15) is 5.02 Å². The fraction of sp³-hybridized carbons (Fsp3) is 0.353. The van der Waals surface area contributed by atoms with Crippen LogP contribution in [0.15, 0.2) is 36.8 Å². The molecule has 0 saturated carbocycles. The van der Waals surface area contributed by atoms with Gasteiger partial charge >= 0.3 is 6.18 Å². The Morgan fingerprint density at radius 2 is 1.85 bits per heavy atom. The van der Waals surface area contributed by atoms with Gasteiger partial charge in [-0.15, -0.1) is 0 Å². The Morgan fingerprint density at radius 1 is 1.19 bits per heavy atom. The Kier molecular flexibility index (Phi) is 5.69. The predicted molar refractivity (Wildman–Crippen MR) is 93.2 cm³/mol. The van der Waals surface area contributed by atoms with E-state index in [9.17, 15) is 18.0 Å². The monoisotopic (exact) mass is 400 g/mol. The van der Waals surface area contributed by atoms with Gasteiger partial charge in [0, 0.05) is 50.5 Å². The van der Waals surface area contributed by atoms with Gasteiger partial charge in [-0.1, -0.05) is 11.6 Å². The van der Waals surface area contributed by atoms with E-state index in [1.54, 1.807) is 17.3 Å². The fourth-order valence-electron chi connectivity index (χ4n) is 2.70. The molecule has 0 aromatic carbocycles. The Labute approximate surface area is 158 Å². The van der Waals surface area contributed by atoms with Crippen molar-refractivity contribution in [2.45, 2.75) is 6.18 Å². The van der Waals surface area contributed by atoms with Crippen LogP contribution in [-0.4, -0.2) is 59.7 Å². The fourth-order valence-corrected chi connectivity index (χ4v) is 2.92. The number of amides is 1. The van der Waals surface area contributed by atoms with E-state index in [0.29, 0.717) is 26.2 Å². The van der Waals surface area contributed by atoms with Crippen molar-refractivity contribution < 1.29 is 22.7 Å². The first-order chi connectivity index (χ1) is 12.8. The number of halogens is 4. The average molecular weight is 401 g/mol. The van der Waals surface area contributed by atoms with E-state index in [1.165, 1.54) is 12.3 Å². The van der Waals surface area contributed by atoms with Crippen LogP contribution in [0.25, 0.3) is 0 Å². The lowest BCUT2D eigenvalue weighted by molar-refractivity contribution is -0.154. The van der Waals surface area contributed by atoms with Crippen molar-refractivity contribution in [3.8, 4) is 5.88 Å². The van der Waals surface area contributed by atoms with Gasteiger partial charge in [0.2, 0.25) is 5.88 Å². The topological polar surface area (TPSA) is 58.6 Å². The number of hydrogen-bond donors (Lipinski definition) is 0. The Hall–Kier alpha value is -2.55. The van der Waals surface area contributed by atoms with Crippen LogP contribution in [0.3, 0.4) is 0 Å². The van der Waals surface area contributed by atoms with Crippen molar-refractivity contribution in [3.63, 3.8) is 0 Å². The van der Waals surface area contributed by atoms with Gasteiger partial charge in [-0.2, -0.15) is 13.2 Å². The van der Waals surface area contributed by atoms with Gasteiger partial charge in [-0.3, -0.25) is 9.78 Å². The number of rotatable bonds is 4. The molecule has 1 aliphatic rings. The molecule has 1 fully saturated rings. The van der Waals surface area contributed by atoms with Gasteiger partial charge < -0.3 is 14.5 Å². The number of carbonyl (C=O) groups excluding carboxylic acids is 1. The number of aromatic nitrogens is 2. The lowest BCUT2D eigenvalue weighted by atomic mass is 10.2. The molecule has 0 N–H and O–H groups in total. The molecule has 1 amide bonds. The van der Waals surface area contributed by atoms with Crippen molar-refractivity contribution in [2.24, 2.45) is 0 Å². The molecule has 0 unspecified atom stereocenters. The first-order valence-corrected chi connectivity index (χ1v) is 8.50. The van der Waals surface area contributed by atoms with Gasteiger partial charge in [0.15, 0.2) is 6.61 Å². The van der Waals surface area contributed by atoms with Gasteiger partial charge in [-0.05, 0) is 18.2 Å². The summed E-state index contributed by atoms with van der Waals surface area (Å²) in [4.78, 5) is 24.1. The molecule has 6 nitrogen and oxygen atoms in total. The second-order valence-electron chi connectivity index (χ2n) is 5.90. The summed E-state index contributed by atoms with van der Waals surface area (Å²) in [5.41, 5.74) is 1.24. The predicted octanol–water partition coefficient (Wildman–Crippen LogP) is 3.03. The van der Waals surface area contributed by atoms with E-state index < -0.39 is 12.8 Å². The van der Waals surface area contributed by atoms with Crippen LogP contribution >= 0.6 is 11.6 Å². The van der Waals surface area contributed by atoms with Crippen LogP contribution in [0.2, 0.25) is 5.02 Å². The number of alkyl halides is 3. The zero-order chi connectivity index (χ0) is 19.4. The summed E-state index contributed by atoms with van der Waals surface area (Å²) < 4.78 is 41.2. The minimum absolute atomic E-state index is 0.138. The maximum Gasteiger partial charge on any atom is 0.422 e. The maximum atomic E-state index is 12.6. The van der Waals surface area contributed by atoms with Gasteiger partial charge in [-0.25, -0.2) is 4.98 Å². The largest absolute Gasteiger partial charge is 0.467 e. The summed E-state index contributed by atoms with van der Waals surface area (Å²) >= 11 is 5.90. The van der Waals surface area contributed by atoms with Crippen LogP contribution in [0.1, 0.15) is 10.4 Å². The zero-order valence-corrected chi connectivity index (χ0v) is 14.9. The van der Waals surface area contributed by atoms with Gasteiger partial charge in [0.05, 0.1) is 5.56 Å². The molecule has 1 aliphatic heterocycles. The van der Waals surface area contributed by atoms with Crippen LogP contribution in [-0.2, 0) is 0 Å². The van der Waals surface area contributed by atoms with Crippen molar-refractivity contribution in [3.05, 3.63) is 47.4 Å². The van der Waals surface area contributed by atoms with Crippen molar-refractivity contribution in [1.82, 2.24) is 14.9 Å². The summed E-state index contributed by atoms with van der Waals surface area (Å²) in [6, 6.07) is 5.08. The highest BCUT2D eigenvalue weighted by atomic mass is 35.5. The van der Waals surface area contributed by atoms with Gasteiger partial charge in [0.25, 0.3) is 5.91 Å². The number of anilines is 1. The molecule has 3 heterocycles. The molecular formula is C17H16ClF3N4O2. The first-order valence-electron chi connectivity index (χ1n) is 8.13. The SMILES string of the molecule is O=C(c1cnc(OCC(F)(F)F)c(Cl)c1)N1CCN(c2ccncc2)CC1. The standard InChI is InChI=1S/C17H16ClF3N4O2/c18-14-9-12(10-23-15(14)27-11-17(19,20)21)16(26)25-7-5-24(6-8-25)13-1-3-22-4-2-13/h1-4,9-10H,5-8,11H2. The number of nitrogens with zero attached hydrogens (tertiary/aromatic N) is 4. The summed E-state index contributed by atoms with van der Waals surface area (Å²) in [5, 5.41) is -0.138. The molecule has 3 rings (SSSR count). The lowest BCUT2D eigenvalue weighted by Gasteiger charge is -2.36. The zero-order valence-electron chi connectivity index (χ0n) is 14.1. The molecule has 1 saturated heterocycles. The summed E-state index contributed by atoms with van der Waals surface area (Å²) in [6.45, 7) is 0.827. The van der Waals surface area contributed by atoms with Crippen molar-refractivity contribution >= 4 is 23.2 Å². The van der Waals surface area contributed by atoms with E-state index in [1.807, 2.05) is 12.1 Å². The summed E-state index contributed by atoms with van der Waals surface area (Å²) in [7, 11) is 0. The van der Waals surface area contributed by atoms with E-state index in [-0.39, 0.29) is 22.4 Å². The van der Waals surface area contributed by atoms with Crippen LogP contribution in [0.4, 0.5) is 18.9 Å². The second-order valence-corrected chi connectivity index (χ2v) is 6.31. The van der Waals surface area contributed by atoms with Crippen LogP contribution in [0.5, 0.6) is 5.88 Å². The molecule has 10 heteroatoms. The highest BCUT2D eigenvalue weighted by molar-refractivity contribution is 6.32. The van der Waals surface area contributed by atoms with Crippen molar-refractivity contribution in [2.75, 3.05) is 37.7 Å². The Morgan fingerprint density at radius 3 is 2.44 bits per heavy atom. The van der Waals surface area contributed by atoms with E-state index in [2.05, 4.69) is 19.6 Å². The Bertz CT molecular complexity index is 797. The molecule has 2 aromatic heterocycles. The van der Waals surface area contributed by atoms with Crippen LogP contribution in [0, 0.1) is 0 Å². The van der Waals surface area contributed by atoms with E-state index in [0.717, 1.165) is 5.69 Å². The first kappa shape index (κ1) is 19.2. The number of hydrogen-bond acceptors (Lipinski definition) is 5. The summed E-state index contributed by atoms with van der Waals surface area (Å²) in [6.07, 6.45) is 0.106. The summed E-state index contributed by atoms with van der Waals surface area (Å²) in [5.74, 6) is -0.630. The normalized spacial score (nSPS) is 15.0. The molecule has 27 heavy (non-hydrogen) atoms. The van der Waals surface area contributed by atoms with Crippen molar-refractivity contribution in [1.29, 1.82) is 0 Å². The molecule has 0 bridgehead atoms. The smallest absolute Gasteiger partial charge is 0.422 e. The van der Waals surface area contributed by atoms with Crippen LogP contribution < -0.4 is 9.64 Å². The molecule has 0 aliphatic carbocycles. The van der Waals surface area contributed by atoms with E-state index in [4.69, 9.17) is 11.6 Å². The number of piperazine rings is 1. The molecule has 144 valence electrons. The third-order valence-electron chi connectivity index (χ3n) is 4.02. The third-order valence-corrected chi connectivity index (χ3v) is 4.29. The number of pyridine rings is 2. The number of carbonyl (C=O) groups is 1. The molecule has 2 aromatic rings. The number of ether oxygens (including phenoxy) is 1. The minimum atomic E-state index is -4.49. The van der Waals surface area contributed by atoms with E-state index >= 15 is 0 Å². The second kappa shape index (κ2) is 7.99. The Balaban J connectivity index is 1.60. The minimum Gasteiger partial charge on any atom is -0.467 e. The molecular weight excluding hydrogens is 385 g/mol. The quantitative estimate of drug-likeness (QED) is 0.789. The average Bonchev–Trinajstić information content (AvgIpc) is 2.66. The maximum absolute atomic E-state index is 12.6. The molecule has 0 atom stereocenters. The lowest BCUT2D eigenvalue weighted by Crippen LogP contribution is -2.48. The highest BCUT2D eigenvalue weighted by Crippen LogP contribution is 2.26. The highest BCUT2D eigenvalue weighted by Gasteiger charge is 2.29. The molecule has 0 spiro atoms. The molecule has 0 radical (unpaired) electrons.